The third-order valence-corrected chi connectivity index (χ3v) is 2.86. The van der Waals surface area contributed by atoms with Crippen LogP contribution in [0.5, 0.6) is 0 Å². The first-order valence-electron chi connectivity index (χ1n) is 3.70. The summed E-state index contributed by atoms with van der Waals surface area (Å²) >= 11 is 3.45. The Hall–Kier alpha value is 0.110. The Kier molecular flexibility index (Phi) is 3.35. The van der Waals surface area contributed by atoms with Crippen molar-refractivity contribution in [1.82, 2.24) is 3.93 Å². The molecule has 1 aliphatic rings. The summed E-state index contributed by atoms with van der Waals surface area (Å²) in [6.45, 7) is 1.13. The molecular weight excluding hydrogens is 194 g/mol. The molecule has 0 spiro atoms. The summed E-state index contributed by atoms with van der Waals surface area (Å²) in [6, 6.07) is 0.602. The molecule has 3 heteroatoms. The highest BCUT2D eigenvalue weighted by Crippen LogP contribution is 2.23. The predicted octanol–water partition coefficient (Wildman–Crippen LogP) is 1.74. The number of carbonyl (C=O) groups excluding carboxylic acids is 1. The first-order chi connectivity index (χ1) is 4.84. The van der Waals surface area contributed by atoms with Crippen LogP contribution in [0.3, 0.4) is 0 Å². The van der Waals surface area contributed by atoms with E-state index < -0.39 is 0 Å². The van der Waals surface area contributed by atoms with Gasteiger partial charge in [0.1, 0.15) is 6.29 Å². The maximum absolute atomic E-state index is 10.0. The van der Waals surface area contributed by atoms with Gasteiger partial charge >= 0.3 is 0 Å². The fraction of sp³-hybridized carbons (Fsp3) is 0.857. The molecule has 0 aromatic carbocycles. The summed E-state index contributed by atoms with van der Waals surface area (Å²) < 4.78 is 2.16. The van der Waals surface area contributed by atoms with Crippen molar-refractivity contribution in [2.24, 2.45) is 0 Å². The topological polar surface area (TPSA) is 20.3 Å². The standard InChI is InChI=1S/C7H12BrNO/c8-9-5-1-3-7(9)4-2-6-10/h6-7H,1-5H2/t7-/m0/s1. The summed E-state index contributed by atoms with van der Waals surface area (Å²) in [5, 5.41) is 0. The number of rotatable bonds is 3. The van der Waals surface area contributed by atoms with Crippen molar-refractivity contribution in [3.63, 3.8) is 0 Å². The fourth-order valence-corrected chi connectivity index (χ4v) is 2.01. The zero-order valence-electron chi connectivity index (χ0n) is 5.92. The van der Waals surface area contributed by atoms with Gasteiger partial charge in [-0.05, 0) is 19.3 Å². The second kappa shape index (κ2) is 4.09. The summed E-state index contributed by atoms with van der Waals surface area (Å²) in [6.07, 6.45) is 5.20. The van der Waals surface area contributed by atoms with Crippen molar-refractivity contribution in [3.8, 4) is 0 Å². The maximum Gasteiger partial charge on any atom is 0.120 e. The predicted molar refractivity (Wildman–Crippen MR) is 44.0 cm³/mol. The van der Waals surface area contributed by atoms with E-state index in [1.54, 1.807) is 0 Å². The van der Waals surface area contributed by atoms with Gasteiger partial charge in [0, 0.05) is 35.2 Å². The molecule has 0 amide bonds. The summed E-state index contributed by atoms with van der Waals surface area (Å²) in [5.74, 6) is 0. The van der Waals surface area contributed by atoms with E-state index in [1.165, 1.54) is 12.8 Å². The molecule has 1 fully saturated rings. The van der Waals surface area contributed by atoms with Gasteiger partial charge < -0.3 is 4.79 Å². The normalized spacial score (nSPS) is 27.1. The second-order valence-electron chi connectivity index (χ2n) is 2.66. The van der Waals surface area contributed by atoms with Crippen LogP contribution >= 0.6 is 16.1 Å². The molecule has 1 atom stereocenters. The quantitative estimate of drug-likeness (QED) is 0.517. The largest absolute Gasteiger partial charge is 0.303 e. The lowest BCUT2D eigenvalue weighted by molar-refractivity contribution is -0.108. The van der Waals surface area contributed by atoms with Gasteiger partial charge in [0.25, 0.3) is 0 Å². The molecule has 1 saturated heterocycles. The van der Waals surface area contributed by atoms with Gasteiger partial charge in [0.05, 0.1) is 0 Å². The van der Waals surface area contributed by atoms with Gasteiger partial charge in [-0.25, -0.2) is 3.93 Å². The van der Waals surface area contributed by atoms with Crippen LogP contribution in [0.4, 0.5) is 0 Å². The van der Waals surface area contributed by atoms with Crippen LogP contribution in [0.2, 0.25) is 0 Å². The first-order valence-corrected chi connectivity index (χ1v) is 4.41. The average Bonchev–Trinajstić information content (AvgIpc) is 2.31. The highest BCUT2D eigenvalue weighted by Gasteiger charge is 2.21. The molecule has 0 unspecified atom stereocenters. The van der Waals surface area contributed by atoms with E-state index in [9.17, 15) is 4.79 Å². The third kappa shape index (κ3) is 2.06. The molecule has 1 rings (SSSR count). The van der Waals surface area contributed by atoms with Crippen LogP contribution in [-0.4, -0.2) is 22.8 Å². The lowest BCUT2D eigenvalue weighted by Crippen LogP contribution is -2.18. The zero-order valence-corrected chi connectivity index (χ0v) is 7.51. The van der Waals surface area contributed by atoms with Crippen LogP contribution in [0.25, 0.3) is 0 Å². The molecule has 0 radical (unpaired) electrons. The molecule has 2 nitrogen and oxygen atoms in total. The Morgan fingerprint density at radius 1 is 1.70 bits per heavy atom. The van der Waals surface area contributed by atoms with Crippen molar-refractivity contribution in [1.29, 1.82) is 0 Å². The van der Waals surface area contributed by atoms with Crippen LogP contribution in [0.1, 0.15) is 25.7 Å². The Morgan fingerprint density at radius 2 is 2.50 bits per heavy atom. The van der Waals surface area contributed by atoms with Gasteiger partial charge in [-0.15, -0.1) is 0 Å². The van der Waals surface area contributed by atoms with Gasteiger partial charge in [0.2, 0.25) is 0 Å². The van der Waals surface area contributed by atoms with Crippen molar-refractivity contribution in [3.05, 3.63) is 0 Å². The molecule has 0 N–H and O–H groups in total. The van der Waals surface area contributed by atoms with Gasteiger partial charge in [-0.1, -0.05) is 0 Å². The highest BCUT2D eigenvalue weighted by atomic mass is 79.9. The average molecular weight is 206 g/mol. The van der Waals surface area contributed by atoms with Crippen LogP contribution in [-0.2, 0) is 4.79 Å². The van der Waals surface area contributed by atoms with E-state index in [-0.39, 0.29) is 0 Å². The molecule has 58 valence electrons. The van der Waals surface area contributed by atoms with Gasteiger partial charge in [-0.3, -0.25) is 0 Å². The van der Waals surface area contributed by atoms with Crippen LogP contribution in [0.15, 0.2) is 0 Å². The molecule has 0 saturated carbocycles. The number of carbonyl (C=O) groups is 1. The fourth-order valence-electron chi connectivity index (χ4n) is 1.35. The Morgan fingerprint density at radius 3 is 3.00 bits per heavy atom. The summed E-state index contributed by atoms with van der Waals surface area (Å²) in [7, 11) is 0. The van der Waals surface area contributed by atoms with E-state index in [0.717, 1.165) is 19.3 Å². The van der Waals surface area contributed by atoms with Gasteiger partial charge in [0.15, 0.2) is 0 Å². The number of hydrogen-bond donors (Lipinski definition) is 0. The van der Waals surface area contributed by atoms with Gasteiger partial charge in [-0.2, -0.15) is 0 Å². The van der Waals surface area contributed by atoms with E-state index in [4.69, 9.17) is 0 Å². The van der Waals surface area contributed by atoms with Crippen molar-refractivity contribution in [2.45, 2.75) is 31.7 Å². The monoisotopic (exact) mass is 205 g/mol. The smallest absolute Gasteiger partial charge is 0.120 e. The lowest BCUT2D eigenvalue weighted by Gasteiger charge is -2.14. The minimum atomic E-state index is 0.602. The lowest BCUT2D eigenvalue weighted by atomic mass is 10.1. The summed E-state index contributed by atoms with van der Waals surface area (Å²) in [5.41, 5.74) is 0. The zero-order chi connectivity index (χ0) is 7.40. The SMILES string of the molecule is O=CCC[C@@H]1CCCN1Br. The van der Waals surface area contributed by atoms with E-state index in [0.29, 0.717) is 12.5 Å². The van der Waals surface area contributed by atoms with Crippen molar-refractivity contribution >= 4 is 22.4 Å². The molecular formula is C7H12BrNO. The molecule has 0 aromatic rings. The second-order valence-corrected chi connectivity index (χ2v) is 3.57. The third-order valence-electron chi connectivity index (χ3n) is 1.92. The Balaban J connectivity index is 2.19. The Labute approximate surface area is 69.9 Å². The first kappa shape index (κ1) is 8.21. The number of hydrogen-bond acceptors (Lipinski definition) is 2. The van der Waals surface area contributed by atoms with Crippen molar-refractivity contribution in [2.75, 3.05) is 6.54 Å². The van der Waals surface area contributed by atoms with E-state index in [2.05, 4.69) is 20.1 Å². The number of halogens is 1. The molecule has 1 aliphatic heterocycles. The number of nitrogens with zero attached hydrogens (tertiary/aromatic N) is 1. The molecule has 10 heavy (non-hydrogen) atoms. The molecule has 0 aromatic heterocycles. The summed E-state index contributed by atoms with van der Waals surface area (Å²) in [4.78, 5) is 10.0. The van der Waals surface area contributed by atoms with Crippen LogP contribution < -0.4 is 0 Å². The maximum atomic E-state index is 10.0. The van der Waals surface area contributed by atoms with E-state index in [1.807, 2.05) is 0 Å². The minimum Gasteiger partial charge on any atom is -0.303 e. The molecule has 0 bridgehead atoms. The van der Waals surface area contributed by atoms with Crippen molar-refractivity contribution < 1.29 is 4.79 Å². The molecule has 0 aliphatic carbocycles. The van der Waals surface area contributed by atoms with E-state index >= 15 is 0 Å². The molecule has 1 heterocycles. The van der Waals surface area contributed by atoms with Crippen LogP contribution in [0, 0.1) is 0 Å². The highest BCUT2D eigenvalue weighted by molar-refractivity contribution is 9.07. The minimum absolute atomic E-state index is 0.602. The Bertz CT molecular complexity index is 118. The number of aldehydes is 1.